The van der Waals surface area contributed by atoms with Gasteiger partial charge >= 0.3 is 0 Å². The Morgan fingerprint density at radius 1 is 1.37 bits per heavy atom. The van der Waals surface area contributed by atoms with Crippen LogP contribution >= 0.6 is 11.6 Å². The number of ether oxygens (including phenoxy) is 1. The molecule has 2 rings (SSSR count). The maximum absolute atomic E-state index is 6.44. The molecule has 1 aliphatic heterocycles. The molecule has 0 aliphatic carbocycles. The molecule has 0 radical (unpaired) electrons. The van der Waals surface area contributed by atoms with Crippen molar-refractivity contribution in [3.63, 3.8) is 0 Å². The van der Waals surface area contributed by atoms with Crippen LogP contribution in [-0.4, -0.2) is 33.4 Å². The van der Waals surface area contributed by atoms with Gasteiger partial charge in [0, 0.05) is 32.3 Å². The molecule has 3 nitrogen and oxygen atoms in total. The zero-order chi connectivity index (χ0) is 13.8. The van der Waals surface area contributed by atoms with Crippen LogP contribution in [-0.2, 0) is 4.74 Å². The van der Waals surface area contributed by atoms with Crippen molar-refractivity contribution < 1.29 is 4.74 Å². The summed E-state index contributed by atoms with van der Waals surface area (Å²) < 4.78 is 5.41. The summed E-state index contributed by atoms with van der Waals surface area (Å²) in [6, 6.07) is 7.19. The molecule has 0 saturated carbocycles. The van der Waals surface area contributed by atoms with E-state index in [0.717, 1.165) is 36.8 Å². The van der Waals surface area contributed by atoms with Crippen LogP contribution in [0, 0.1) is 0 Å². The van der Waals surface area contributed by atoms with Crippen LogP contribution in [0.1, 0.15) is 31.4 Å². The first kappa shape index (κ1) is 14.6. The molecule has 1 fully saturated rings. The van der Waals surface area contributed by atoms with Crippen molar-refractivity contribution >= 4 is 17.3 Å². The number of hydrogen-bond acceptors (Lipinski definition) is 3. The van der Waals surface area contributed by atoms with Gasteiger partial charge in [-0.1, -0.05) is 17.7 Å². The fraction of sp³-hybridized carbons (Fsp3) is 0.600. The minimum absolute atomic E-state index is 0.319. The number of halogens is 1. The van der Waals surface area contributed by atoms with Crippen molar-refractivity contribution in [1.82, 2.24) is 5.32 Å². The van der Waals surface area contributed by atoms with Gasteiger partial charge < -0.3 is 15.0 Å². The van der Waals surface area contributed by atoms with E-state index in [9.17, 15) is 0 Å². The number of hydrogen-bond donors (Lipinski definition) is 1. The Kier molecular flexibility index (Phi) is 5.08. The third-order valence-corrected chi connectivity index (χ3v) is 4.33. The quantitative estimate of drug-likeness (QED) is 0.918. The Morgan fingerprint density at radius 2 is 2.05 bits per heavy atom. The zero-order valence-corrected chi connectivity index (χ0v) is 12.7. The van der Waals surface area contributed by atoms with E-state index < -0.39 is 0 Å². The number of anilines is 1. The van der Waals surface area contributed by atoms with Crippen molar-refractivity contribution in [2.45, 2.75) is 31.8 Å². The van der Waals surface area contributed by atoms with E-state index in [0.29, 0.717) is 12.1 Å². The van der Waals surface area contributed by atoms with Crippen LogP contribution < -0.4 is 10.2 Å². The van der Waals surface area contributed by atoms with Gasteiger partial charge in [-0.25, -0.2) is 0 Å². The average Bonchev–Trinajstić information content (AvgIpc) is 2.46. The fourth-order valence-electron chi connectivity index (χ4n) is 2.51. The largest absolute Gasteiger partial charge is 0.381 e. The van der Waals surface area contributed by atoms with Crippen LogP contribution in [0.2, 0.25) is 5.02 Å². The third kappa shape index (κ3) is 3.41. The number of nitrogens with zero attached hydrogens (tertiary/aromatic N) is 1. The monoisotopic (exact) mass is 282 g/mol. The maximum atomic E-state index is 6.44. The highest BCUT2D eigenvalue weighted by atomic mass is 35.5. The summed E-state index contributed by atoms with van der Waals surface area (Å²) >= 11 is 6.44. The predicted octanol–water partition coefficient (Wildman–Crippen LogP) is 3.24. The lowest BCUT2D eigenvalue weighted by Gasteiger charge is -2.33. The Hall–Kier alpha value is -0.770. The summed E-state index contributed by atoms with van der Waals surface area (Å²) in [6.45, 7) is 3.83. The second kappa shape index (κ2) is 6.60. The van der Waals surface area contributed by atoms with E-state index in [1.165, 1.54) is 5.56 Å². The third-order valence-electron chi connectivity index (χ3n) is 4.02. The second-order valence-electron chi connectivity index (χ2n) is 5.18. The Morgan fingerprint density at radius 3 is 2.63 bits per heavy atom. The molecule has 1 heterocycles. The smallest absolute Gasteiger partial charge is 0.0642 e. The Bertz CT molecular complexity index is 419. The molecule has 0 amide bonds. The van der Waals surface area contributed by atoms with Gasteiger partial charge in [-0.15, -0.1) is 0 Å². The fourth-order valence-corrected chi connectivity index (χ4v) is 2.84. The summed E-state index contributed by atoms with van der Waals surface area (Å²) in [5, 5.41) is 4.06. The van der Waals surface area contributed by atoms with Crippen molar-refractivity contribution in [3.8, 4) is 0 Å². The number of nitrogens with one attached hydrogen (secondary N) is 1. The van der Waals surface area contributed by atoms with Gasteiger partial charge in [-0.2, -0.15) is 0 Å². The first-order valence-corrected chi connectivity index (χ1v) is 7.28. The van der Waals surface area contributed by atoms with Gasteiger partial charge in [0.05, 0.1) is 10.7 Å². The predicted molar refractivity (Wildman–Crippen MR) is 81.2 cm³/mol. The summed E-state index contributed by atoms with van der Waals surface area (Å²) in [4.78, 5) is 2.29. The lowest BCUT2D eigenvalue weighted by molar-refractivity contribution is 0.0855. The van der Waals surface area contributed by atoms with Crippen LogP contribution in [0.25, 0.3) is 0 Å². The molecule has 0 spiro atoms. The van der Waals surface area contributed by atoms with E-state index in [2.05, 4.69) is 42.4 Å². The highest BCUT2D eigenvalue weighted by Crippen LogP contribution is 2.31. The molecule has 1 saturated heterocycles. The molecule has 1 aromatic carbocycles. The van der Waals surface area contributed by atoms with Gasteiger partial charge in [-0.05, 0) is 44.5 Å². The van der Waals surface area contributed by atoms with Crippen LogP contribution in [0.15, 0.2) is 18.2 Å². The minimum Gasteiger partial charge on any atom is -0.381 e. The van der Waals surface area contributed by atoms with Crippen LogP contribution in [0.3, 0.4) is 0 Å². The summed E-state index contributed by atoms with van der Waals surface area (Å²) in [5.41, 5.74) is 2.33. The number of benzene rings is 1. The van der Waals surface area contributed by atoms with E-state index in [-0.39, 0.29) is 0 Å². The highest BCUT2D eigenvalue weighted by molar-refractivity contribution is 6.33. The first-order chi connectivity index (χ1) is 9.13. The summed E-state index contributed by atoms with van der Waals surface area (Å²) in [5.74, 6) is 0. The lowest BCUT2D eigenvalue weighted by Crippen LogP contribution is -2.36. The van der Waals surface area contributed by atoms with E-state index in [4.69, 9.17) is 16.3 Å². The molecule has 19 heavy (non-hydrogen) atoms. The molecular weight excluding hydrogens is 260 g/mol. The van der Waals surface area contributed by atoms with Gasteiger partial charge in [-0.3, -0.25) is 0 Å². The molecule has 0 bridgehead atoms. The molecule has 1 aliphatic rings. The molecule has 1 N–H and O–H groups in total. The standard InChI is InChI=1S/C15H23ClN2O/c1-11(17-2)12-4-5-15(14(16)10-12)18(3)13-6-8-19-9-7-13/h4-5,10-11,13,17H,6-9H2,1-3H3. The topological polar surface area (TPSA) is 24.5 Å². The van der Waals surface area contributed by atoms with Crippen LogP contribution in [0.5, 0.6) is 0 Å². The van der Waals surface area contributed by atoms with Gasteiger partial charge in [0.2, 0.25) is 0 Å². The van der Waals surface area contributed by atoms with Gasteiger partial charge in [0.15, 0.2) is 0 Å². The average molecular weight is 283 g/mol. The molecule has 4 heteroatoms. The minimum atomic E-state index is 0.319. The zero-order valence-electron chi connectivity index (χ0n) is 11.9. The SMILES string of the molecule is CNC(C)c1ccc(N(C)C2CCOCC2)c(Cl)c1. The second-order valence-corrected chi connectivity index (χ2v) is 5.58. The van der Waals surface area contributed by atoms with Crippen LogP contribution in [0.4, 0.5) is 5.69 Å². The molecule has 1 unspecified atom stereocenters. The van der Waals surface area contributed by atoms with Crippen molar-refractivity contribution in [1.29, 1.82) is 0 Å². The lowest BCUT2D eigenvalue weighted by atomic mass is 10.0. The van der Waals surface area contributed by atoms with Crippen molar-refractivity contribution in [2.75, 3.05) is 32.2 Å². The molecule has 1 aromatic rings. The van der Waals surface area contributed by atoms with Crippen molar-refractivity contribution in [2.24, 2.45) is 0 Å². The van der Waals surface area contributed by atoms with E-state index in [1.54, 1.807) is 0 Å². The molecule has 0 aromatic heterocycles. The summed E-state index contributed by atoms with van der Waals surface area (Å²) in [7, 11) is 4.08. The maximum Gasteiger partial charge on any atom is 0.0642 e. The van der Waals surface area contributed by atoms with E-state index in [1.807, 2.05) is 7.05 Å². The molecule has 1 atom stereocenters. The van der Waals surface area contributed by atoms with Gasteiger partial charge in [0.25, 0.3) is 0 Å². The van der Waals surface area contributed by atoms with Gasteiger partial charge in [0.1, 0.15) is 0 Å². The van der Waals surface area contributed by atoms with Crippen molar-refractivity contribution in [3.05, 3.63) is 28.8 Å². The molecule has 106 valence electrons. The highest BCUT2D eigenvalue weighted by Gasteiger charge is 2.20. The molecular formula is C15H23ClN2O. The summed E-state index contributed by atoms with van der Waals surface area (Å²) in [6.07, 6.45) is 2.14. The Labute approximate surface area is 120 Å². The first-order valence-electron chi connectivity index (χ1n) is 6.90. The number of rotatable bonds is 4. The van der Waals surface area contributed by atoms with E-state index >= 15 is 0 Å². The normalized spacial score (nSPS) is 18.3. The Balaban J connectivity index is 2.15.